The number of Topliss-reactive ketones (excluding diaryl/α,β-unsaturated/α-hetero) is 1. The zero-order valence-electron chi connectivity index (χ0n) is 33.2. The number of allylic oxidation sites excluding steroid dienone is 2. The van der Waals surface area contributed by atoms with Crippen molar-refractivity contribution in [1.82, 2.24) is 5.32 Å². The highest BCUT2D eigenvalue weighted by Gasteiger charge is 2.51. The second kappa shape index (κ2) is 16.5. The molecule has 2 aliphatic heterocycles. The first-order valence-corrected chi connectivity index (χ1v) is 19.0. The number of aliphatic hydroxyl groups is 2. The molecule has 2 heterocycles. The summed E-state index contributed by atoms with van der Waals surface area (Å²) in [6.45, 7) is 6.28. The molecule has 6 rings (SSSR count). The number of carbonyl (C=O) groups excluding carboxylic acids is 6. The minimum atomic E-state index is -2.56. The average molecular weight is 823 g/mol. The summed E-state index contributed by atoms with van der Waals surface area (Å²) in [5, 5.41) is 49.1. The molecule has 0 amide bonds. The number of benzene rings is 2. The molecule has 0 unspecified atom stereocenters. The fourth-order valence-corrected chi connectivity index (χ4v) is 8.15. The third kappa shape index (κ3) is 7.46. The molecule has 2 aromatic rings. The van der Waals surface area contributed by atoms with E-state index in [9.17, 15) is 49.2 Å². The molecule has 0 radical (unpaired) electrons. The molecule has 316 valence electrons. The lowest BCUT2D eigenvalue weighted by Gasteiger charge is -2.42. The van der Waals surface area contributed by atoms with Crippen LogP contribution < -0.4 is 15.8 Å². The van der Waals surface area contributed by atoms with Crippen molar-refractivity contribution in [3.8, 4) is 17.2 Å². The summed E-state index contributed by atoms with van der Waals surface area (Å²) in [6, 6.07) is 3.41. The Bertz CT molecular complexity index is 2160. The van der Waals surface area contributed by atoms with E-state index in [1.807, 2.05) is 0 Å². The summed E-state index contributed by atoms with van der Waals surface area (Å²) in [7, 11) is 1.29. The van der Waals surface area contributed by atoms with E-state index in [4.69, 9.17) is 34.2 Å². The zero-order chi connectivity index (χ0) is 43.2. The Hall–Kier alpha value is -5.66. The standard InChI is InChI=1S/C41H46N2O16/c1-7-55-38(50)26-16(3)43-17(4)27(39(51)56-8-2)30(26)40(52)57-15-24(44)41(53)13-20-29(23(14-41)59-25-12-21(42)33(45)18(5)58-25)37(49)32-31(35(20)47)34(46)19-10-9-11-22(54-6)28(19)36(32)48/h9-11,18,21,23,25,30,33,43,45,47,49,53H,7-8,12-15,42H2,1-6H3/t18-,21-,23-,25-,33+,41-/m0/s1. The molecule has 59 heavy (non-hydrogen) atoms. The highest BCUT2D eigenvalue weighted by molar-refractivity contribution is 6.31. The van der Waals surface area contributed by atoms with Crippen LogP contribution in [0.25, 0.3) is 0 Å². The van der Waals surface area contributed by atoms with Gasteiger partial charge in [0, 0.05) is 53.4 Å². The number of ketones is 3. The molecule has 0 bridgehead atoms. The van der Waals surface area contributed by atoms with E-state index < -0.39 is 119 Å². The number of carbonyl (C=O) groups is 6. The maximum atomic E-state index is 14.1. The number of aliphatic hydroxyl groups excluding tert-OH is 1. The van der Waals surface area contributed by atoms with Crippen molar-refractivity contribution in [2.45, 2.75) is 90.1 Å². The summed E-state index contributed by atoms with van der Waals surface area (Å²) in [6.07, 6.45) is -6.22. The third-order valence-corrected chi connectivity index (χ3v) is 11.0. The van der Waals surface area contributed by atoms with Crippen molar-refractivity contribution >= 4 is 35.3 Å². The van der Waals surface area contributed by atoms with E-state index in [1.54, 1.807) is 13.8 Å². The van der Waals surface area contributed by atoms with Crippen LogP contribution in [0.2, 0.25) is 0 Å². The van der Waals surface area contributed by atoms with Crippen LogP contribution in [0.5, 0.6) is 17.2 Å². The number of phenols is 2. The molecule has 1 saturated heterocycles. The maximum absolute atomic E-state index is 14.1. The van der Waals surface area contributed by atoms with Gasteiger partial charge in [0.1, 0.15) is 28.8 Å². The van der Waals surface area contributed by atoms with E-state index in [0.29, 0.717) is 0 Å². The lowest BCUT2D eigenvalue weighted by Crippen LogP contribution is -2.53. The van der Waals surface area contributed by atoms with Crippen LogP contribution in [0.3, 0.4) is 0 Å². The van der Waals surface area contributed by atoms with Crippen LogP contribution in [0, 0.1) is 5.92 Å². The first-order chi connectivity index (χ1) is 27.9. The number of aromatic hydroxyl groups is 2. The first-order valence-electron chi connectivity index (χ1n) is 19.0. The van der Waals surface area contributed by atoms with E-state index in [0.717, 1.165) is 0 Å². The van der Waals surface area contributed by atoms with Crippen molar-refractivity contribution in [3.05, 3.63) is 74.1 Å². The van der Waals surface area contributed by atoms with Crippen LogP contribution in [0.1, 0.15) is 96.5 Å². The fourth-order valence-electron chi connectivity index (χ4n) is 8.15. The van der Waals surface area contributed by atoms with Crippen molar-refractivity contribution in [1.29, 1.82) is 0 Å². The quantitative estimate of drug-likeness (QED) is 0.0907. The van der Waals surface area contributed by atoms with Crippen molar-refractivity contribution in [2.75, 3.05) is 26.9 Å². The maximum Gasteiger partial charge on any atom is 0.337 e. The van der Waals surface area contributed by atoms with Crippen LogP contribution in [-0.4, -0.2) is 113 Å². The van der Waals surface area contributed by atoms with Crippen LogP contribution >= 0.6 is 0 Å². The minimum Gasteiger partial charge on any atom is -0.507 e. The lowest BCUT2D eigenvalue weighted by molar-refractivity contribution is -0.247. The topological polar surface area (TPSA) is 277 Å². The number of nitrogens with one attached hydrogen (secondary N) is 1. The van der Waals surface area contributed by atoms with E-state index in [1.165, 1.54) is 46.1 Å². The molecule has 2 aromatic carbocycles. The molecule has 0 saturated carbocycles. The number of ether oxygens (including phenoxy) is 6. The predicted molar refractivity (Wildman–Crippen MR) is 201 cm³/mol. The van der Waals surface area contributed by atoms with Gasteiger partial charge in [0.05, 0.1) is 66.5 Å². The Morgan fingerprint density at radius 2 is 1.54 bits per heavy atom. The number of nitrogens with two attached hydrogens (primary N) is 1. The molecule has 18 heteroatoms. The molecule has 1 fully saturated rings. The number of hydrogen-bond donors (Lipinski definition) is 6. The summed E-state index contributed by atoms with van der Waals surface area (Å²) < 4.78 is 33.1. The van der Waals surface area contributed by atoms with Gasteiger partial charge in [-0.2, -0.15) is 0 Å². The van der Waals surface area contributed by atoms with Gasteiger partial charge in [0.2, 0.25) is 11.6 Å². The van der Waals surface area contributed by atoms with Gasteiger partial charge in [0.25, 0.3) is 0 Å². The van der Waals surface area contributed by atoms with Gasteiger partial charge in [-0.15, -0.1) is 0 Å². The molecular formula is C41H46N2O16. The number of dihydropyridines is 1. The van der Waals surface area contributed by atoms with Gasteiger partial charge in [0.15, 0.2) is 18.7 Å². The van der Waals surface area contributed by atoms with Crippen LogP contribution in [0.4, 0.5) is 0 Å². The number of fused-ring (bicyclic) bond motifs is 3. The van der Waals surface area contributed by atoms with Gasteiger partial charge in [-0.25, -0.2) is 9.59 Å². The Morgan fingerprint density at radius 3 is 2.12 bits per heavy atom. The van der Waals surface area contributed by atoms with Gasteiger partial charge in [-0.3, -0.25) is 19.2 Å². The Morgan fingerprint density at radius 1 is 0.932 bits per heavy atom. The normalized spacial score (nSPS) is 25.3. The second-order valence-electron chi connectivity index (χ2n) is 14.7. The number of hydrogen-bond acceptors (Lipinski definition) is 18. The summed E-state index contributed by atoms with van der Waals surface area (Å²) in [4.78, 5) is 82.3. The van der Waals surface area contributed by atoms with E-state index in [-0.39, 0.29) is 70.2 Å². The number of methoxy groups -OCH3 is 1. The van der Waals surface area contributed by atoms with Gasteiger partial charge in [-0.1, -0.05) is 12.1 Å². The highest BCUT2D eigenvalue weighted by atomic mass is 16.7. The zero-order valence-corrected chi connectivity index (χ0v) is 33.2. The Labute approximate surface area is 337 Å². The molecule has 7 N–H and O–H groups in total. The minimum absolute atomic E-state index is 0.0344. The largest absolute Gasteiger partial charge is 0.507 e. The first kappa shape index (κ1) is 42.9. The molecule has 0 spiro atoms. The number of rotatable bonds is 11. The fraction of sp³-hybridized carbons (Fsp3) is 0.463. The molecule has 6 atom stereocenters. The van der Waals surface area contributed by atoms with Crippen LogP contribution in [-0.2, 0) is 49.3 Å². The van der Waals surface area contributed by atoms with Crippen molar-refractivity contribution in [3.63, 3.8) is 0 Å². The lowest BCUT2D eigenvalue weighted by atomic mass is 9.72. The summed E-state index contributed by atoms with van der Waals surface area (Å²) in [5.41, 5.74) is 1.37. The van der Waals surface area contributed by atoms with Crippen molar-refractivity contribution in [2.24, 2.45) is 11.7 Å². The molecule has 18 nitrogen and oxygen atoms in total. The smallest absolute Gasteiger partial charge is 0.337 e. The third-order valence-electron chi connectivity index (χ3n) is 11.0. The SMILES string of the molecule is CCOC(=O)C1=C(C)NC(C)=C(C(=O)OCC)C1C(=O)OCC(=O)[C@]1(O)Cc2c(O)c3c(c(O)c2[C@@H](O[C@H]2C[C@H](N)[C@H](O)[C@H](C)O2)C1)C(=O)c1c(OC)cccc1C3=O. The molecule has 4 aliphatic rings. The van der Waals surface area contributed by atoms with E-state index >= 15 is 0 Å². The van der Waals surface area contributed by atoms with Gasteiger partial charge >= 0.3 is 17.9 Å². The predicted octanol–water partition coefficient (Wildman–Crippen LogP) is 1.45. The average Bonchev–Trinajstić information content (AvgIpc) is 3.18. The van der Waals surface area contributed by atoms with Crippen molar-refractivity contribution < 1.29 is 77.6 Å². The van der Waals surface area contributed by atoms with E-state index in [2.05, 4.69) is 5.32 Å². The number of esters is 3. The Kier molecular flexibility index (Phi) is 12.0. The monoisotopic (exact) mass is 822 g/mol. The highest BCUT2D eigenvalue weighted by Crippen LogP contribution is 2.52. The molecule has 2 aliphatic carbocycles. The van der Waals surface area contributed by atoms with Gasteiger partial charge < -0.3 is 59.9 Å². The molecular weight excluding hydrogens is 776 g/mol. The molecule has 0 aromatic heterocycles. The second-order valence-corrected chi connectivity index (χ2v) is 14.7. The summed E-state index contributed by atoms with van der Waals surface area (Å²) >= 11 is 0. The Balaban J connectivity index is 1.39. The number of phenolic OH excluding ortho intramolecular Hbond substituents is 2. The van der Waals surface area contributed by atoms with Gasteiger partial charge in [-0.05, 0) is 40.7 Å². The summed E-state index contributed by atoms with van der Waals surface area (Å²) in [5.74, 6) is -9.24. The van der Waals surface area contributed by atoms with Crippen LogP contribution in [0.15, 0.2) is 40.7 Å².